The van der Waals surface area contributed by atoms with Crippen LogP contribution in [0.3, 0.4) is 0 Å². The van der Waals surface area contributed by atoms with Gasteiger partial charge in [-0.05, 0) is 49.8 Å². The van der Waals surface area contributed by atoms with Crippen molar-refractivity contribution in [2.75, 3.05) is 13.2 Å². The van der Waals surface area contributed by atoms with Crippen molar-refractivity contribution in [3.63, 3.8) is 0 Å². The van der Waals surface area contributed by atoms with Crippen LogP contribution in [-0.2, 0) is 6.42 Å². The SMILES string of the molecule is C=CCCCc1cc(OCCC)cc(OCCC)c1. The van der Waals surface area contributed by atoms with Gasteiger partial charge >= 0.3 is 0 Å². The number of unbranched alkanes of at least 4 members (excludes halogenated alkanes) is 1. The Hall–Kier alpha value is -1.44. The second-order valence-electron chi connectivity index (χ2n) is 4.69. The molecule has 0 saturated heterocycles. The molecule has 0 unspecified atom stereocenters. The van der Waals surface area contributed by atoms with Gasteiger partial charge in [0.1, 0.15) is 11.5 Å². The molecule has 0 aliphatic rings. The number of ether oxygens (including phenoxy) is 2. The summed E-state index contributed by atoms with van der Waals surface area (Å²) in [6, 6.07) is 6.23. The number of benzene rings is 1. The molecule has 1 aromatic rings. The molecule has 1 aromatic carbocycles. The minimum absolute atomic E-state index is 0.753. The summed E-state index contributed by atoms with van der Waals surface area (Å²) in [7, 11) is 0. The summed E-state index contributed by atoms with van der Waals surface area (Å²) in [5.41, 5.74) is 1.28. The van der Waals surface area contributed by atoms with Gasteiger partial charge in [-0.3, -0.25) is 0 Å². The van der Waals surface area contributed by atoms with Gasteiger partial charge in [-0.2, -0.15) is 0 Å². The van der Waals surface area contributed by atoms with Crippen molar-refractivity contribution >= 4 is 0 Å². The summed E-state index contributed by atoms with van der Waals surface area (Å²) >= 11 is 0. The monoisotopic (exact) mass is 262 g/mol. The third kappa shape index (κ3) is 6.32. The number of hydrogen-bond acceptors (Lipinski definition) is 2. The van der Waals surface area contributed by atoms with Crippen LogP contribution in [0.2, 0.25) is 0 Å². The van der Waals surface area contributed by atoms with Crippen LogP contribution in [0.25, 0.3) is 0 Å². The average Bonchev–Trinajstić information content (AvgIpc) is 2.43. The van der Waals surface area contributed by atoms with Crippen LogP contribution < -0.4 is 9.47 Å². The van der Waals surface area contributed by atoms with Crippen molar-refractivity contribution in [2.45, 2.75) is 46.0 Å². The van der Waals surface area contributed by atoms with Gasteiger partial charge in [-0.15, -0.1) is 6.58 Å². The molecule has 0 aliphatic heterocycles. The molecule has 0 bridgehead atoms. The molecule has 0 saturated carbocycles. The molecule has 0 spiro atoms. The van der Waals surface area contributed by atoms with E-state index >= 15 is 0 Å². The number of allylic oxidation sites excluding steroid dienone is 1. The summed E-state index contributed by atoms with van der Waals surface area (Å²) < 4.78 is 11.4. The van der Waals surface area contributed by atoms with Gasteiger partial charge in [0.2, 0.25) is 0 Å². The van der Waals surface area contributed by atoms with E-state index in [4.69, 9.17) is 9.47 Å². The highest BCUT2D eigenvalue weighted by Gasteiger charge is 2.03. The van der Waals surface area contributed by atoms with Crippen molar-refractivity contribution in [1.29, 1.82) is 0 Å². The summed E-state index contributed by atoms with van der Waals surface area (Å²) in [6.45, 7) is 9.49. The minimum Gasteiger partial charge on any atom is -0.493 e. The van der Waals surface area contributed by atoms with Crippen molar-refractivity contribution < 1.29 is 9.47 Å². The zero-order chi connectivity index (χ0) is 13.9. The lowest BCUT2D eigenvalue weighted by Gasteiger charge is -2.11. The number of aryl methyl sites for hydroxylation is 1. The minimum atomic E-state index is 0.753. The van der Waals surface area contributed by atoms with Gasteiger partial charge in [0.15, 0.2) is 0 Å². The molecule has 2 nitrogen and oxygen atoms in total. The van der Waals surface area contributed by atoms with E-state index < -0.39 is 0 Å². The first-order chi connectivity index (χ1) is 9.30. The molecule has 0 N–H and O–H groups in total. The molecule has 1 rings (SSSR count). The Morgan fingerprint density at radius 1 is 1.00 bits per heavy atom. The Balaban J connectivity index is 2.72. The van der Waals surface area contributed by atoms with Gasteiger partial charge in [0.25, 0.3) is 0 Å². The van der Waals surface area contributed by atoms with Gasteiger partial charge < -0.3 is 9.47 Å². The fourth-order valence-electron chi connectivity index (χ4n) is 1.83. The molecular weight excluding hydrogens is 236 g/mol. The molecule has 0 aromatic heterocycles. The quantitative estimate of drug-likeness (QED) is 0.446. The topological polar surface area (TPSA) is 18.5 Å². The third-order valence-electron chi connectivity index (χ3n) is 2.76. The average molecular weight is 262 g/mol. The standard InChI is InChI=1S/C17H26O2/c1-4-7-8-9-15-12-16(18-10-5-2)14-17(13-15)19-11-6-3/h4,12-14H,1,5-11H2,2-3H3. The predicted octanol–water partition coefficient (Wildman–Crippen LogP) is 4.77. The highest BCUT2D eigenvalue weighted by Crippen LogP contribution is 2.24. The van der Waals surface area contributed by atoms with E-state index in [-0.39, 0.29) is 0 Å². The number of hydrogen-bond donors (Lipinski definition) is 0. The van der Waals surface area contributed by atoms with Crippen LogP contribution in [0.15, 0.2) is 30.9 Å². The zero-order valence-corrected chi connectivity index (χ0v) is 12.3. The third-order valence-corrected chi connectivity index (χ3v) is 2.76. The lowest BCUT2D eigenvalue weighted by molar-refractivity contribution is 0.301. The smallest absolute Gasteiger partial charge is 0.123 e. The van der Waals surface area contributed by atoms with Gasteiger partial charge in [-0.25, -0.2) is 0 Å². The summed E-state index contributed by atoms with van der Waals surface area (Å²) in [4.78, 5) is 0. The molecule has 106 valence electrons. The maximum Gasteiger partial charge on any atom is 0.123 e. The molecule has 2 heteroatoms. The Bertz CT molecular complexity index is 345. The molecule has 0 fully saturated rings. The van der Waals surface area contributed by atoms with Gasteiger partial charge in [0.05, 0.1) is 13.2 Å². The second-order valence-corrected chi connectivity index (χ2v) is 4.69. The first kappa shape index (κ1) is 15.6. The van der Waals surface area contributed by atoms with E-state index in [0.29, 0.717) is 0 Å². The van der Waals surface area contributed by atoms with Crippen LogP contribution in [0.5, 0.6) is 11.5 Å². The van der Waals surface area contributed by atoms with Crippen molar-refractivity contribution in [1.82, 2.24) is 0 Å². The summed E-state index contributed by atoms with van der Waals surface area (Å²) in [6.07, 6.45) is 7.21. The van der Waals surface area contributed by atoms with Crippen LogP contribution in [0.4, 0.5) is 0 Å². The fourth-order valence-corrected chi connectivity index (χ4v) is 1.83. The molecule has 0 amide bonds. The Morgan fingerprint density at radius 2 is 1.58 bits per heavy atom. The van der Waals surface area contributed by atoms with Crippen molar-refractivity contribution in [2.24, 2.45) is 0 Å². The summed E-state index contributed by atoms with van der Waals surface area (Å²) in [5, 5.41) is 0. The Labute approximate surface area is 117 Å². The lowest BCUT2D eigenvalue weighted by atomic mass is 10.1. The van der Waals surface area contributed by atoms with E-state index in [9.17, 15) is 0 Å². The van der Waals surface area contributed by atoms with Gasteiger partial charge in [-0.1, -0.05) is 19.9 Å². The maximum atomic E-state index is 5.72. The van der Waals surface area contributed by atoms with Gasteiger partial charge in [0, 0.05) is 6.07 Å². The summed E-state index contributed by atoms with van der Waals surface area (Å²) in [5.74, 6) is 1.84. The molecule has 0 atom stereocenters. The maximum absolute atomic E-state index is 5.72. The van der Waals surface area contributed by atoms with Crippen LogP contribution in [0.1, 0.15) is 45.1 Å². The lowest BCUT2D eigenvalue weighted by Crippen LogP contribution is -2.00. The molecular formula is C17H26O2. The predicted molar refractivity (Wildman–Crippen MR) is 81.1 cm³/mol. The highest BCUT2D eigenvalue weighted by atomic mass is 16.5. The number of rotatable bonds is 10. The highest BCUT2D eigenvalue weighted by molar-refractivity contribution is 5.38. The van der Waals surface area contributed by atoms with Crippen molar-refractivity contribution in [3.8, 4) is 11.5 Å². The largest absolute Gasteiger partial charge is 0.493 e. The van der Waals surface area contributed by atoms with Crippen LogP contribution in [-0.4, -0.2) is 13.2 Å². The zero-order valence-electron chi connectivity index (χ0n) is 12.3. The van der Waals surface area contributed by atoms with E-state index in [1.54, 1.807) is 0 Å². The fraction of sp³-hybridized carbons (Fsp3) is 0.529. The van der Waals surface area contributed by atoms with E-state index in [2.05, 4.69) is 32.6 Å². The van der Waals surface area contributed by atoms with E-state index in [1.807, 2.05) is 12.1 Å². The molecule has 19 heavy (non-hydrogen) atoms. The van der Waals surface area contributed by atoms with E-state index in [1.165, 1.54) is 5.56 Å². The normalized spacial score (nSPS) is 10.2. The second kappa shape index (κ2) is 9.48. The molecule has 0 radical (unpaired) electrons. The first-order valence-corrected chi connectivity index (χ1v) is 7.30. The molecule has 0 heterocycles. The Kier molecular flexibility index (Phi) is 7.80. The van der Waals surface area contributed by atoms with E-state index in [0.717, 1.165) is 56.8 Å². The van der Waals surface area contributed by atoms with Crippen LogP contribution >= 0.6 is 0 Å². The molecule has 0 aliphatic carbocycles. The Morgan fingerprint density at radius 3 is 2.05 bits per heavy atom. The first-order valence-electron chi connectivity index (χ1n) is 7.30. The van der Waals surface area contributed by atoms with Crippen molar-refractivity contribution in [3.05, 3.63) is 36.4 Å². The van der Waals surface area contributed by atoms with Crippen LogP contribution in [0, 0.1) is 0 Å².